The molecule has 0 atom stereocenters. The predicted molar refractivity (Wildman–Crippen MR) is 87.3 cm³/mol. The summed E-state index contributed by atoms with van der Waals surface area (Å²) in [6, 6.07) is 5.67. The minimum Gasteiger partial charge on any atom is -0.379 e. The van der Waals surface area contributed by atoms with Gasteiger partial charge in [0.15, 0.2) is 0 Å². The quantitative estimate of drug-likeness (QED) is 0.883. The van der Waals surface area contributed by atoms with Crippen LogP contribution in [-0.2, 0) is 16.0 Å². The molecule has 0 spiro atoms. The number of halogens is 1. The van der Waals surface area contributed by atoms with Crippen LogP contribution in [0.3, 0.4) is 0 Å². The van der Waals surface area contributed by atoms with Crippen molar-refractivity contribution in [2.45, 2.75) is 6.42 Å². The van der Waals surface area contributed by atoms with E-state index in [4.69, 9.17) is 16.3 Å². The van der Waals surface area contributed by atoms with Crippen LogP contribution in [0.25, 0.3) is 10.9 Å². The minimum atomic E-state index is 0.0455. The number of amides is 1. The largest absolute Gasteiger partial charge is 0.379 e. The van der Waals surface area contributed by atoms with E-state index in [0.29, 0.717) is 18.0 Å². The Morgan fingerprint density at radius 2 is 2.18 bits per heavy atom. The zero-order chi connectivity index (χ0) is 15.4. The summed E-state index contributed by atoms with van der Waals surface area (Å²) >= 11 is 5.96. The van der Waals surface area contributed by atoms with Crippen molar-refractivity contribution in [1.29, 1.82) is 0 Å². The molecule has 5 nitrogen and oxygen atoms in total. The highest BCUT2D eigenvalue weighted by Gasteiger charge is 2.11. The molecule has 3 rings (SSSR count). The molecule has 1 aliphatic heterocycles. The van der Waals surface area contributed by atoms with Crippen LogP contribution in [0.15, 0.2) is 24.4 Å². The monoisotopic (exact) mass is 321 g/mol. The fraction of sp³-hybridized carbons (Fsp3) is 0.438. The number of hydrogen-bond acceptors (Lipinski definition) is 3. The van der Waals surface area contributed by atoms with Crippen LogP contribution in [0.1, 0.15) is 5.56 Å². The van der Waals surface area contributed by atoms with Gasteiger partial charge in [0.25, 0.3) is 0 Å². The molecular weight excluding hydrogens is 302 g/mol. The van der Waals surface area contributed by atoms with Gasteiger partial charge in [-0.2, -0.15) is 0 Å². The number of hydrogen-bond donors (Lipinski definition) is 2. The average molecular weight is 322 g/mol. The maximum absolute atomic E-state index is 12.1. The number of fused-ring (bicyclic) bond motifs is 1. The van der Waals surface area contributed by atoms with Crippen LogP contribution in [0, 0.1) is 0 Å². The van der Waals surface area contributed by atoms with Crippen LogP contribution >= 0.6 is 11.6 Å². The molecule has 1 fully saturated rings. The van der Waals surface area contributed by atoms with Crippen LogP contribution in [0.2, 0.25) is 5.02 Å². The number of rotatable bonds is 5. The van der Waals surface area contributed by atoms with Crippen LogP contribution in [0.4, 0.5) is 0 Å². The van der Waals surface area contributed by atoms with Crippen molar-refractivity contribution in [2.75, 3.05) is 39.4 Å². The van der Waals surface area contributed by atoms with Gasteiger partial charge in [0.2, 0.25) is 5.91 Å². The van der Waals surface area contributed by atoms with Crippen molar-refractivity contribution < 1.29 is 9.53 Å². The van der Waals surface area contributed by atoms with Gasteiger partial charge in [-0.25, -0.2) is 0 Å². The second-order valence-electron chi connectivity index (χ2n) is 5.48. The molecule has 0 saturated carbocycles. The van der Waals surface area contributed by atoms with E-state index >= 15 is 0 Å². The van der Waals surface area contributed by atoms with Crippen molar-refractivity contribution in [2.24, 2.45) is 0 Å². The summed E-state index contributed by atoms with van der Waals surface area (Å²) in [6.07, 6.45) is 2.26. The molecule has 0 bridgehead atoms. The number of carbonyl (C=O) groups excluding carboxylic acids is 1. The fourth-order valence-electron chi connectivity index (χ4n) is 2.72. The zero-order valence-electron chi connectivity index (χ0n) is 12.4. The maximum atomic E-state index is 12.1. The van der Waals surface area contributed by atoms with Crippen molar-refractivity contribution in [3.8, 4) is 0 Å². The summed E-state index contributed by atoms with van der Waals surface area (Å²) in [4.78, 5) is 17.5. The Morgan fingerprint density at radius 3 is 3.00 bits per heavy atom. The number of carbonyl (C=O) groups is 1. The molecule has 118 valence electrons. The van der Waals surface area contributed by atoms with Crippen LogP contribution < -0.4 is 5.32 Å². The number of nitrogens with one attached hydrogen (secondary N) is 2. The summed E-state index contributed by atoms with van der Waals surface area (Å²) in [5.74, 6) is 0.0455. The molecule has 1 aliphatic rings. The molecule has 22 heavy (non-hydrogen) atoms. The Hall–Kier alpha value is -1.56. The van der Waals surface area contributed by atoms with Crippen molar-refractivity contribution in [1.82, 2.24) is 15.2 Å². The third-order valence-corrected chi connectivity index (χ3v) is 4.17. The Bertz CT molecular complexity index is 650. The molecule has 2 aromatic rings. The SMILES string of the molecule is O=C(Cc1c[nH]c2cc(Cl)ccc12)NCCN1CCOCC1. The molecule has 2 heterocycles. The van der Waals surface area contributed by atoms with E-state index in [0.717, 1.165) is 49.3 Å². The van der Waals surface area contributed by atoms with Gasteiger partial charge in [-0.05, 0) is 17.7 Å². The molecule has 1 aromatic carbocycles. The van der Waals surface area contributed by atoms with Crippen molar-refractivity contribution in [3.05, 3.63) is 35.0 Å². The van der Waals surface area contributed by atoms with Gasteiger partial charge in [0.1, 0.15) is 0 Å². The zero-order valence-corrected chi connectivity index (χ0v) is 13.2. The van der Waals surface area contributed by atoms with Crippen molar-refractivity contribution >= 4 is 28.4 Å². The number of benzene rings is 1. The summed E-state index contributed by atoms with van der Waals surface area (Å²) in [6.45, 7) is 5.00. The molecular formula is C16H20ClN3O2. The fourth-order valence-corrected chi connectivity index (χ4v) is 2.89. The predicted octanol–water partition coefficient (Wildman–Crippen LogP) is 1.81. The highest BCUT2D eigenvalue weighted by atomic mass is 35.5. The molecule has 6 heteroatoms. The number of morpholine rings is 1. The Kier molecular flexibility index (Phi) is 4.97. The highest BCUT2D eigenvalue weighted by Crippen LogP contribution is 2.22. The van der Waals surface area contributed by atoms with E-state index in [1.165, 1.54) is 0 Å². The number of ether oxygens (including phenoxy) is 1. The summed E-state index contributed by atoms with van der Waals surface area (Å²) in [7, 11) is 0. The second kappa shape index (κ2) is 7.13. The maximum Gasteiger partial charge on any atom is 0.224 e. The second-order valence-corrected chi connectivity index (χ2v) is 5.92. The Morgan fingerprint density at radius 1 is 1.36 bits per heavy atom. The van der Waals surface area contributed by atoms with Gasteiger partial charge >= 0.3 is 0 Å². The van der Waals surface area contributed by atoms with Crippen LogP contribution in [-0.4, -0.2) is 55.2 Å². The lowest BCUT2D eigenvalue weighted by Crippen LogP contribution is -2.41. The van der Waals surface area contributed by atoms with Gasteiger partial charge in [-0.3, -0.25) is 9.69 Å². The van der Waals surface area contributed by atoms with Gasteiger partial charge in [0.05, 0.1) is 19.6 Å². The van der Waals surface area contributed by atoms with Gasteiger partial charge < -0.3 is 15.0 Å². The molecule has 0 unspecified atom stereocenters. The summed E-state index contributed by atoms with van der Waals surface area (Å²) in [5.41, 5.74) is 1.96. The number of nitrogens with zero attached hydrogens (tertiary/aromatic N) is 1. The lowest BCUT2D eigenvalue weighted by atomic mass is 10.1. The first kappa shape index (κ1) is 15.3. The molecule has 1 saturated heterocycles. The summed E-state index contributed by atoms with van der Waals surface area (Å²) < 4.78 is 5.30. The Balaban J connectivity index is 1.50. The number of aromatic amines is 1. The summed E-state index contributed by atoms with van der Waals surface area (Å²) in [5, 5.41) is 4.72. The average Bonchev–Trinajstić information content (AvgIpc) is 2.90. The van der Waals surface area contributed by atoms with E-state index in [1.54, 1.807) is 0 Å². The lowest BCUT2D eigenvalue weighted by molar-refractivity contribution is -0.120. The van der Waals surface area contributed by atoms with Gasteiger partial charge in [-0.1, -0.05) is 17.7 Å². The third kappa shape index (κ3) is 3.80. The van der Waals surface area contributed by atoms with Gasteiger partial charge in [0, 0.05) is 48.3 Å². The molecule has 0 aliphatic carbocycles. The molecule has 0 radical (unpaired) electrons. The van der Waals surface area contributed by atoms with E-state index in [-0.39, 0.29) is 5.91 Å². The van der Waals surface area contributed by atoms with E-state index < -0.39 is 0 Å². The normalized spacial score (nSPS) is 16.0. The van der Waals surface area contributed by atoms with E-state index in [1.807, 2.05) is 24.4 Å². The minimum absolute atomic E-state index is 0.0455. The number of aromatic nitrogens is 1. The van der Waals surface area contributed by atoms with E-state index in [9.17, 15) is 4.79 Å². The third-order valence-electron chi connectivity index (χ3n) is 3.93. The molecule has 1 amide bonds. The highest BCUT2D eigenvalue weighted by molar-refractivity contribution is 6.31. The van der Waals surface area contributed by atoms with Crippen LogP contribution in [0.5, 0.6) is 0 Å². The first-order chi connectivity index (χ1) is 10.7. The topological polar surface area (TPSA) is 57.4 Å². The molecule has 2 N–H and O–H groups in total. The smallest absolute Gasteiger partial charge is 0.224 e. The molecule has 1 aromatic heterocycles. The lowest BCUT2D eigenvalue weighted by Gasteiger charge is -2.26. The first-order valence-electron chi connectivity index (χ1n) is 7.55. The number of H-pyrrole nitrogens is 1. The van der Waals surface area contributed by atoms with Gasteiger partial charge in [-0.15, -0.1) is 0 Å². The van der Waals surface area contributed by atoms with E-state index in [2.05, 4.69) is 15.2 Å². The first-order valence-corrected chi connectivity index (χ1v) is 7.92. The van der Waals surface area contributed by atoms with Crippen molar-refractivity contribution in [3.63, 3.8) is 0 Å². The Labute approximate surface area is 134 Å². The standard InChI is InChI=1S/C16H20ClN3O2/c17-13-1-2-14-12(11-19-15(14)10-13)9-16(21)18-3-4-20-5-7-22-8-6-20/h1-2,10-11,19H,3-9H2,(H,18,21).